The predicted molar refractivity (Wildman–Crippen MR) is 101 cm³/mol. The first-order valence-electron chi connectivity index (χ1n) is 8.97. The van der Waals surface area contributed by atoms with E-state index in [1.165, 1.54) is 0 Å². The van der Waals surface area contributed by atoms with Crippen molar-refractivity contribution in [1.82, 2.24) is 4.90 Å². The summed E-state index contributed by atoms with van der Waals surface area (Å²) >= 11 is 0. The van der Waals surface area contributed by atoms with E-state index in [0.717, 1.165) is 17.0 Å². The highest BCUT2D eigenvalue weighted by molar-refractivity contribution is 6.00. The lowest BCUT2D eigenvalue weighted by atomic mass is 10.1. The van der Waals surface area contributed by atoms with Gasteiger partial charge >= 0.3 is 0 Å². The summed E-state index contributed by atoms with van der Waals surface area (Å²) in [4.78, 5) is 28.9. The molecule has 2 aromatic rings. The summed E-state index contributed by atoms with van der Waals surface area (Å²) in [5.41, 5.74) is 1.77. The molecular weight excluding hydrogens is 328 g/mol. The van der Waals surface area contributed by atoms with E-state index in [1.54, 1.807) is 16.7 Å². The Labute approximate surface area is 154 Å². The maximum absolute atomic E-state index is 12.9. The maximum Gasteiger partial charge on any atom is 0.249 e. The van der Waals surface area contributed by atoms with Gasteiger partial charge in [-0.05, 0) is 31.5 Å². The fourth-order valence-corrected chi connectivity index (χ4v) is 3.25. The van der Waals surface area contributed by atoms with Crippen molar-refractivity contribution >= 4 is 17.5 Å². The van der Waals surface area contributed by atoms with Gasteiger partial charge in [-0.3, -0.25) is 9.59 Å². The van der Waals surface area contributed by atoms with E-state index >= 15 is 0 Å². The van der Waals surface area contributed by atoms with Gasteiger partial charge in [-0.15, -0.1) is 0 Å². The molecule has 0 unspecified atom stereocenters. The van der Waals surface area contributed by atoms with Crippen LogP contribution in [-0.4, -0.2) is 42.5 Å². The molecule has 5 nitrogen and oxygen atoms in total. The van der Waals surface area contributed by atoms with Crippen LogP contribution in [0.4, 0.5) is 5.69 Å². The third-order valence-corrected chi connectivity index (χ3v) is 4.61. The molecule has 3 rings (SSSR count). The summed E-state index contributed by atoms with van der Waals surface area (Å²) in [6.45, 7) is 5.31. The zero-order valence-corrected chi connectivity index (χ0v) is 15.2. The highest BCUT2D eigenvalue weighted by Crippen LogP contribution is 2.25. The number of benzene rings is 2. The van der Waals surface area contributed by atoms with E-state index in [9.17, 15) is 9.59 Å². The molecule has 1 heterocycles. The zero-order chi connectivity index (χ0) is 18.5. The predicted octanol–water partition coefficient (Wildman–Crippen LogP) is 2.89. The Morgan fingerprint density at radius 1 is 1.12 bits per heavy atom. The lowest BCUT2D eigenvalue weighted by molar-refractivity contribution is -0.140. The Kier molecular flexibility index (Phi) is 5.56. The molecule has 0 aromatic heterocycles. The Bertz CT molecular complexity index is 776. The van der Waals surface area contributed by atoms with Gasteiger partial charge in [-0.25, -0.2) is 0 Å². The molecule has 0 spiro atoms. The number of carbonyl (C=O) groups excluding carboxylic acids is 2. The summed E-state index contributed by atoms with van der Waals surface area (Å²) in [6, 6.07) is 16.7. The van der Waals surface area contributed by atoms with Crippen LogP contribution in [0.15, 0.2) is 54.6 Å². The van der Waals surface area contributed by atoms with Gasteiger partial charge in [0.1, 0.15) is 11.8 Å². The molecule has 1 aliphatic heterocycles. The van der Waals surface area contributed by atoms with E-state index < -0.39 is 6.04 Å². The monoisotopic (exact) mass is 352 g/mol. The number of amides is 2. The number of ether oxygens (including phenoxy) is 1. The summed E-state index contributed by atoms with van der Waals surface area (Å²) in [5, 5.41) is 0. The number of piperazine rings is 1. The first-order chi connectivity index (χ1) is 12.6. The molecule has 0 aliphatic carbocycles. The topological polar surface area (TPSA) is 49.9 Å². The van der Waals surface area contributed by atoms with Crippen molar-refractivity contribution in [2.75, 3.05) is 24.6 Å². The third-order valence-electron chi connectivity index (χ3n) is 4.61. The standard InChI is InChI=1S/C21H24N2O3/c1-3-26-19-11-7-10-18(15-19)23-13-12-22(16(2)21(23)25)20(24)14-17-8-5-4-6-9-17/h4-11,15-16H,3,12-14H2,1-2H3/t16-/m1/s1. The zero-order valence-electron chi connectivity index (χ0n) is 15.2. The summed E-state index contributed by atoms with van der Waals surface area (Å²) in [5.74, 6) is 0.666. The average molecular weight is 352 g/mol. The number of rotatable bonds is 5. The molecule has 2 amide bonds. The third kappa shape index (κ3) is 3.87. The van der Waals surface area contributed by atoms with Crippen molar-refractivity contribution in [2.24, 2.45) is 0 Å². The first-order valence-corrected chi connectivity index (χ1v) is 8.97. The smallest absolute Gasteiger partial charge is 0.249 e. The lowest BCUT2D eigenvalue weighted by Gasteiger charge is -2.39. The SMILES string of the molecule is CCOc1cccc(N2CCN(C(=O)Cc3ccccc3)[C@H](C)C2=O)c1. The van der Waals surface area contributed by atoms with E-state index in [4.69, 9.17) is 4.74 Å². The normalized spacial score (nSPS) is 17.3. The van der Waals surface area contributed by atoms with Crippen molar-refractivity contribution < 1.29 is 14.3 Å². The molecule has 1 saturated heterocycles. The van der Waals surface area contributed by atoms with Crippen molar-refractivity contribution in [3.05, 3.63) is 60.2 Å². The largest absolute Gasteiger partial charge is 0.494 e. The first kappa shape index (κ1) is 18.0. The molecule has 0 bridgehead atoms. The van der Waals surface area contributed by atoms with Crippen LogP contribution >= 0.6 is 0 Å². The Balaban J connectivity index is 1.70. The number of hydrogen-bond acceptors (Lipinski definition) is 3. The van der Waals surface area contributed by atoms with Crippen molar-refractivity contribution in [1.29, 1.82) is 0 Å². The Morgan fingerprint density at radius 3 is 2.62 bits per heavy atom. The van der Waals surface area contributed by atoms with Crippen molar-refractivity contribution in [3.8, 4) is 5.75 Å². The molecule has 26 heavy (non-hydrogen) atoms. The van der Waals surface area contributed by atoms with Crippen LogP contribution < -0.4 is 9.64 Å². The second kappa shape index (κ2) is 8.04. The second-order valence-electron chi connectivity index (χ2n) is 6.35. The van der Waals surface area contributed by atoms with Crippen LogP contribution in [0.25, 0.3) is 0 Å². The van der Waals surface area contributed by atoms with E-state index in [-0.39, 0.29) is 11.8 Å². The maximum atomic E-state index is 12.9. The van der Waals surface area contributed by atoms with Crippen molar-refractivity contribution in [3.63, 3.8) is 0 Å². The fraction of sp³-hybridized carbons (Fsp3) is 0.333. The van der Waals surface area contributed by atoms with Gasteiger partial charge in [0.15, 0.2) is 0 Å². The minimum absolute atomic E-state index is 0.0141. The number of hydrogen-bond donors (Lipinski definition) is 0. The van der Waals surface area contributed by atoms with Crippen LogP contribution in [0.3, 0.4) is 0 Å². The molecule has 136 valence electrons. The molecular formula is C21H24N2O3. The van der Waals surface area contributed by atoms with E-state index in [1.807, 2.05) is 61.5 Å². The molecule has 1 atom stereocenters. The summed E-state index contributed by atoms with van der Waals surface area (Å²) in [7, 11) is 0. The number of nitrogens with zero attached hydrogens (tertiary/aromatic N) is 2. The highest BCUT2D eigenvalue weighted by atomic mass is 16.5. The van der Waals surface area contributed by atoms with Crippen LogP contribution in [0.1, 0.15) is 19.4 Å². The molecule has 1 aliphatic rings. The quantitative estimate of drug-likeness (QED) is 0.831. The van der Waals surface area contributed by atoms with Gasteiger partial charge in [-0.1, -0.05) is 36.4 Å². The van der Waals surface area contributed by atoms with E-state index in [2.05, 4.69) is 0 Å². The van der Waals surface area contributed by atoms with Crippen molar-refractivity contribution in [2.45, 2.75) is 26.3 Å². The van der Waals surface area contributed by atoms with Crippen LogP contribution in [0.5, 0.6) is 5.75 Å². The summed E-state index contributed by atoms with van der Waals surface area (Å²) in [6.07, 6.45) is 0.318. The molecule has 1 fully saturated rings. The Hall–Kier alpha value is -2.82. The fourth-order valence-electron chi connectivity index (χ4n) is 3.25. The second-order valence-corrected chi connectivity index (χ2v) is 6.35. The number of carbonyl (C=O) groups is 2. The Morgan fingerprint density at radius 2 is 1.88 bits per heavy atom. The molecule has 0 radical (unpaired) electrons. The van der Waals surface area contributed by atoms with Gasteiger partial charge in [0.2, 0.25) is 11.8 Å². The average Bonchev–Trinajstić information content (AvgIpc) is 2.65. The van der Waals surface area contributed by atoms with Crippen LogP contribution in [0, 0.1) is 0 Å². The van der Waals surface area contributed by atoms with E-state index in [0.29, 0.717) is 26.1 Å². The number of anilines is 1. The minimum atomic E-state index is -0.476. The molecule has 2 aromatic carbocycles. The van der Waals surface area contributed by atoms with Gasteiger partial charge in [0.25, 0.3) is 0 Å². The minimum Gasteiger partial charge on any atom is -0.494 e. The van der Waals surface area contributed by atoms with Crippen LogP contribution in [-0.2, 0) is 16.0 Å². The summed E-state index contributed by atoms with van der Waals surface area (Å²) < 4.78 is 5.52. The van der Waals surface area contributed by atoms with Gasteiger partial charge < -0.3 is 14.5 Å². The lowest BCUT2D eigenvalue weighted by Crippen LogP contribution is -2.58. The molecule has 0 N–H and O–H groups in total. The van der Waals surface area contributed by atoms with Gasteiger partial charge in [-0.2, -0.15) is 0 Å². The molecule has 5 heteroatoms. The van der Waals surface area contributed by atoms with Gasteiger partial charge in [0, 0.05) is 24.8 Å². The molecule has 0 saturated carbocycles. The highest BCUT2D eigenvalue weighted by Gasteiger charge is 2.34. The van der Waals surface area contributed by atoms with Crippen LogP contribution in [0.2, 0.25) is 0 Å². The van der Waals surface area contributed by atoms with Gasteiger partial charge in [0.05, 0.1) is 13.0 Å².